The number of aliphatic hydroxyl groups is 1. The minimum Gasteiger partial charge on any atom is -0.389 e. The number of hydrogen-bond acceptors (Lipinski definition) is 5. The third-order valence-electron chi connectivity index (χ3n) is 6.08. The van der Waals surface area contributed by atoms with Crippen LogP contribution in [0, 0.1) is 0 Å². The minimum atomic E-state index is -0.741. The molecule has 6 heteroatoms. The summed E-state index contributed by atoms with van der Waals surface area (Å²) in [7, 11) is 0. The van der Waals surface area contributed by atoms with Gasteiger partial charge in [-0.05, 0) is 54.8 Å². The van der Waals surface area contributed by atoms with E-state index in [4.69, 9.17) is 0 Å². The first kappa shape index (κ1) is 20.0. The Bertz CT molecular complexity index is 1060. The summed E-state index contributed by atoms with van der Waals surface area (Å²) < 4.78 is 5.43. The van der Waals surface area contributed by atoms with E-state index < -0.39 is 5.60 Å². The SMILES string of the molecule is O=C(c1ccc(N2SNc3ccccc32)cc1)N1CCC(O)(Cc2ccccc2)CC1. The van der Waals surface area contributed by atoms with E-state index >= 15 is 0 Å². The molecule has 31 heavy (non-hydrogen) atoms. The summed E-state index contributed by atoms with van der Waals surface area (Å²) in [5.41, 5.74) is 4.30. The number of nitrogens with zero attached hydrogens (tertiary/aromatic N) is 2. The largest absolute Gasteiger partial charge is 0.389 e. The maximum Gasteiger partial charge on any atom is 0.253 e. The second-order valence-electron chi connectivity index (χ2n) is 8.23. The van der Waals surface area contributed by atoms with Crippen LogP contribution in [0.4, 0.5) is 17.1 Å². The average molecular weight is 432 g/mol. The number of amides is 1. The zero-order chi connectivity index (χ0) is 21.3. The normalized spacial score (nSPS) is 17.2. The van der Waals surface area contributed by atoms with Crippen molar-refractivity contribution in [1.82, 2.24) is 4.90 Å². The smallest absolute Gasteiger partial charge is 0.253 e. The highest BCUT2D eigenvalue weighted by atomic mass is 32.2. The standard InChI is InChI=1S/C25H25N3O2S/c29-24(27-16-14-25(30,15-17-27)18-19-6-2-1-3-7-19)20-10-12-21(13-11-20)28-23-9-5-4-8-22(23)26-31-28/h1-13,26,30H,14-18H2. The monoisotopic (exact) mass is 431 g/mol. The van der Waals surface area contributed by atoms with Gasteiger partial charge in [-0.25, -0.2) is 0 Å². The third-order valence-corrected chi connectivity index (χ3v) is 6.98. The Morgan fingerprint density at radius 1 is 0.935 bits per heavy atom. The van der Waals surface area contributed by atoms with E-state index in [-0.39, 0.29) is 5.91 Å². The highest BCUT2D eigenvalue weighted by Crippen LogP contribution is 2.44. The fraction of sp³-hybridized carbons (Fsp3) is 0.240. The lowest BCUT2D eigenvalue weighted by atomic mass is 9.85. The fourth-order valence-corrected chi connectivity index (χ4v) is 5.12. The number of carbonyl (C=O) groups is 1. The maximum absolute atomic E-state index is 13.0. The number of nitrogens with one attached hydrogen (secondary N) is 1. The van der Waals surface area contributed by atoms with Crippen LogP contribution in [0.2, 0.25) is 0 Å². The lowest BCUT2D eigenvalue weighted by Crippen LogP contribution is -2.47. The molecule has 2 heterocycles. The Morgan fingerprint density at radius 2 is 1.61 bits per heavy atom. The van der Waals surface area contributed by atoms with Crippen molar-refractivity contribution in [2.24, 2.45) is 0 Å². The quantitative estimate of drug-likeness (QED) is 0.568. The summed E-state index contributed by atoms with van der Waals surface area (Å²) in [6.07, 6.45) is 1.82. The van der Waals surface area contributed by atoms with E-state index in [1.54, 1.807) is 0 Å². The second-order valence-corrected chi connectivity index (χ2v) is 8.98. The first-order chi connectivity index (χ1) is 15.1. The van der Waals surface area contributed by atoms with Crippen molar-refractivity contribution in [1.29, 1.82) is 0 Å². The Morgan fingerprint density at radius 3 is 2.35 bits per heavy atom. The Balaban J connectivity index is 1.22. The van der Waals surface area contributed by atoms with E-state index in [2.05, 4.69) is 21.2 Å². The zero-order valence-corrected chi connectivity index (χ0v) is 18.0. The van der Waals surface area contributed by atoms with Crippen molar-refractivity contribution in [3.63, 3.8) is 0 Å². The van der Waals surface area contributed by atoms with Crippen LogP contribution in [-0.4, -0.2) is 34.6 Å². The van der Waals surface area contributed by atoms with E-state index in [0.717, 1.165) is 22.6 Å². The number of likely N-dealkylation sites (tertiary alicyclic amines) is 1. The molecule has 5 rings (SSSR count). The van der Waals surface area contributed by atoms with Gasteiger partial charge in [0.2, 0.25) is 0 Å². The van der Waals surface area contributed by atoms with Gasteiger partial charge in [0, 0.05) is 25.1 Å². The van der Waals surface area contributed by atoms with E-state index in [1.165, 1.54) is 12.1 Å². The van der Waals surface area contributed by atoms with Gasteiger partial charge in [-0.15, -0.1) is 0 Å². The summed E-state index contributed by atoms with van der Waals surface area (Å²) in [5.74, 6) is 0.0286. The van der Waals surface area contributed by atoms with Crippen LogP contribution in [-0.2, 0) is 6.42 Å². The highest BCUT2D eigenvalue weighted by Gasteiger charge is 2.34. The van der Waals surface area contributed by atoms with Gasteiger partial charge < -0.3 is 14.7 Å². The predicted octanol–water partition coefficient (Wildman–Crippen LogP) is 5.02. The third kappa shape index (κ3) is 4.13. The molecule has 0 unspecified atom stereocenters. The molecule has 3 aromatic rings. The summed E-state index contributed by atoms with van der Waals surface area (Å²) >= 11 is 1.53. The first-order valence-electron chi connectivity index (χ1n) is 10.6. The van der Waals surface area contributed by atoms with Gasteiger partial charge in [-0.1, -0.05) is 42.5 Å². The number of benzene rings is 3. The molecule has 0 radical (unpaired) electrons. The number of fused-ring (bicyclic) bond motifs is 1. The van der Waals surface area contributed by atoms with Crippen LogP contribution in [0.15, 0.2) is 78.9 Å². The number of anilines is 3. The summed E-state index contributed by atoms with van der Waals surface area (Å²) in [5, 5.41) is 11.0. The summed E-state index contributed by atoms with van der Waals surface area (Å²) in [6, 6.07) is 26.0. The number of carbonyl (C=O) groups excluding carboxylic acids is 1. The predicted molar refractivity (Wildman–Crippen MR) is 126 cm³/mol. The van der Waals surface area contributed by atoms with Crippen molar-refractivity contribution in [2.75, 3.05) is 22.1 Å². The molecule has 0 aromatic heterocycles. The molecule has 3 aromatic carbocycles. The van der Waals surface area contributed by atoms with Gasteiger partial charge in [-0.3, -0.25) is 9.10 Å². The van der Waals surface area contributed by atoms with Gasteiger partial charge >= 0.3 is 0 Å². The molecule has 158 valence electrons. The fourth-order valence-electron chi connectivity index (χ4n) is 4.27. The molecule has 2 N–H and O–H groups in total. The van der Waals surface area contributed by atoms with Gasteiger partial charge in [0.05, 0.1) is 34.8 Å². The lowest BCUT2D eigenvalue weighted by Gasteiger charge is -2.38. The molecule has 0 saturated carbocycles. The number of rotatable bonds is 4. The Hall–Kier alpha value is -2.96. The molecular formula is C25H25N3O2S. The van der Waals surface area contributed by atoms with Gasteiger partial charge in [0.15, 0.2) is 0 Å². The maximum atomic E-state index is 13.0. The van der Waals surface area contributed by atoms with Gasteiger partial charge in [-0.2, -0.15) is 0 Å². The van der Waals surface area contributed by atoms with E-state index in [1.807, 2.05) is 71.6 Å². The summed E-state index contributed by atoms with van der Waals surface area (Å²) in [6.45, 7) is 1.15. The molecular weight excluding hydrogens is 406 g/mol. The molecule has 1 saturated heterocycles. The first-order valence-corrected chi connectivity index (χ1v) is 11.4. The molecule has 0 aliphatic carbocycles. The van der Waals surface area contributed by atoms with Crippen molar-refractivity contribution in [2.45, 2.75) is 24.9 Å². The van der Waals surface area contributed by atoms with Crippen LogP contribution >= 0.6 is 12.1 Å². The molecule has 1 amide bonds. The van der Waals surface area contributed by atoms with Crippen molar-refractivity contribution in [3.05, 3.63) is 90.0 Å². The van der Waals surface area contributed by atoms with Gasteiger partial charge in [0.1, 0.15) is 0 Å². The lowest BCUT2D eigenvalue weighted by molar-refractivity contribution is -0.0162. The van der Waals surface area contributed by atoms with Crippen LogP contribution in [0.3, 0.4) is 0 Å². The molecule has 0 spiro atoms. The molecule has 2 aliphatic heterocycles. The topological polar surface area (TPSA) is 55.8 Å². The second kappa shape index (κ2) is 8.29. The van der Waals surface area contributed by atoms with Crippen molar-refractivity contribution < 1.29 is 9.90 Å². The Labute approximate surface area is 187 Å². The Kier molecular flexibility index (Phi) is 5.34. The molecule has 0 atom stereocenters. The number of piperidine rings is 1. The average Bonchev–Trinajstić information content (AvgIpc) is 3.24. The number of hydrogen-bond donors (Lipinski definition) is 2. The number of para-hydroxylation sites is 2. The van der Waals surface area contributed by atoms with E-state index in [9.17, 15) is 9.90 Å². The van der Waals surface area contributed by atoms with Crippen LogP contribution in [0.5, 0.6) is 0 Å². The minimum absolute atomic E-state index is 0.0286. The van der Waals surface area contributed by atoms with Gasteiger partial charge in [0.25, 0.3) is 5.91 Å². The zero-order valence-electron chi connectivity index (χ0n) is 17.2. The summed E-state index contributed by atoms with van der Waals surface area (Å²) in [4.78, 5) is 14.9. The molecule has 5 nitrogen and oxygen atoms in total. The van der Waals surface area contributed by atoms with E-state index in [0.29, 0.717) is 37.9 Å². The van der Waals surface area contributed by atoms with Crippen LogP contribution in [0.25, 0.3) is 0 Å². The van der Waals surface area contributed by atoms with Crippen molar-refractivity contribution >= 4 is 35.1 Å². The highest BCUT2D eigenvalue weighted by molar-refractivity contribution is 8.02. The molecule has 1 fully saturated rings. The molecule has 2 aliphatic rings. The van der Waals surface area contributed by atoms with Crippen LogP contribution < -0.4 is 9.03 Å². The molecule has 0 bridgehead atoms. The van der Waals surface area contributed by atoms with Crippen LogP contribution in [0.1, 0.15) is 28.8 Å². The van der Waals surface area contributed by atoms with Crippen molar-refractivity contribution in [3.8, 4) is 0 Å².